The number of benzene rings is 2. The lowest BCUT2D eigenvalue weighted by molar-refractivity contribution is 0.0241. The third-order valence-electron chi connectivity index (χ3n) is 8.19. The fraction of sp³-hybridized carbons (Fsp3) is 0.517. The summed E-state index contributed by atoms with van der Waals surface area (Å²) in [5.74, 6) is 0.824. The highest BCUT2D eigenvalue weighted by molar-refractivity contribution is 5.78. The van der Waals surface area contributed by atoms with Crippen molar-refractivity contribution < 1.29 is 9.53 Å². The Balaban J connectivity index is 1.55. The SMILES string of the molecule is COc1ccc(CN2C[C@]3(CC[C@](c4ccccc4)(N(C)C)CC3)N(CCCCC#N)C2=O)cc1. The van der Waals surface area contributed by atoms with E-state index in [-0.39, 0.29) is 17.1 Å². The molecule has 0 aromatic heterocycles. The standard InChI is InChI=1S/C29H38N4O2/c1-31(2)29(25-10-6-4-7-11-25)18-16-28(17-19-29)23-32(22-24-12-14-26(35-3)15-13-24)27(34)33(28)21-9-5-8-20-30/h4,6-7,10-15H,5,8-9,16-19,21-23H2,1-3H3/t28-,29+. The summed E-state index contributed by atoms with van der Waals surface area (Å²) in [4.78, 5) is 20.2. The maximum absolute atomic E-state index is 13.7. The first-order valence-corrected chi connectivity index (χ1v) is 12.7. The van der Waals surface area contributed by atoms with Crippen molar-refractivity contribution in [3.8, 4) is 11.8 Å². The van der Waals surface area contributed by atoms with Gasteiger partial charge in [0.05, 0.1) is 18.7 Å². The Kier molecular flexibility index (Phi) is 7.66. The Morgan fingerprint density at radius 3 is 2.29 bits per heavy atom. The number of urea groups is 1. The van der Waals surface area contributed by atoms with Crippen LogP contribution in [0.2, 0.25) is 0 Å². The predicted molar refractivity (Wildman–Crippen MR) is 138 cm³/mol. The van der Waals surface area contributed by atoms with Gasteiger partial charge in [0, 0.05) is 31.6 Å². The van der Waals surface area contributed by atoms with Gasteiger partial charge in [-0.3, -0.25) is 4.90 Å². The molecule has 1 spiro atoms. The number of amides is 2. The number of nitrogens with zero attached hydrogens (tertiary/aromatic N) is 4. The number of unbranched alkanes of at least 4 members (excludes halogenated alkanes) is 2. The second-order valence-corrected chi connectivity index (χ2v) is 10.3. The van der Waals surface area contributed by atoms with E-state index in [9.17, 15) is 4.79 Å². The maximum atomic E-state index is 13.7. The first kappa shape index (κ1) is 25.1. The Morgan fingerprint density at radius 2 is 1.69 bits per heavy atom. The van der Waals surface area contributed by atoms with Crippen LogP contribution in [-0.4, -0.2) is 60.6 Å². The molecule has 35 heavy (non-hydrogen) atoms. The number of methoxy groups -OCH3 is 1. The van der Waals surface area contributed by atoms with Crippen molar-refractivity contribution in [2.75, 3.05) is 34.3 Å². The summed E-state index contributed by atoms with van der Waals surface area (Å²) in [7, 11) is 6.03. The van der Waals surface area contributed by atoms with Crippen LogP contribution in [0.15, 0.2) is 54.6 Å². The molecule has 1 saturated carbocycles. The second kappa shape index (κ2) is 10.7. The average molecular weight is 475 g/mol. The second-order valence-electron chi connectivity index (χ2n) is 10.3. The van der Waals surface area contributed by atoms with Gasteiger partial charge in [0.2, 0.25) is 0 Å². The Morgan fingerprint density at radius 1 is 1.00 bits per heavy atom. The number of hydrogen-bond donors (Lipinski definition) is 0. The van der Waals surface area contributed by atoms with Crippen molar-refractivity contribution in [2.45, 2.75) is 62.6 Å². The molecule has 1 aliphatic carbocycles. The van der Waals surface area contributed by atoms with Crippen LogP contribution in [0, 0.1) is 11.3 Å². The third kappa shape index (κ3) is 5.01. The van der Waals surface area contributed by atoms with Crippen LogP contribution >= 0.6 is 0 Å². The molecule has 1 saturated heterocycles. The summed E-state index contributed by atoms with van der Waals surface area (Å²) in [6, 6.07) is 21.2. The summed E-state index contributed by atoms with van der Waals surface area (Å²) >= 11 is 0. The summed E-state index contributed by atoms with van der Waals surface area (Å²) < 4.78 is 5.29. The van der Waals surface area contributed by atoms with Gasteiger partial charge in [-0.05, 0) is 75.9 Å². The van der Waals surface area contributed by atoms with E-state index in [0.29, 0.717) is 13.0 Å². The van der Waals surface area contributed by atoms with E-state index in [4.69, 9.17) is 10.00 Å². The van der Waals surface area contributed by atoms with Crippen molar-refractivity contribution >= 4 is 6.03 Å². The first-order valence-electron chi connectivity index (χ1n) is 12.7. The molecule has 0 unspecified atom stereocenters. The van der Waals surface area contributed by atoms with Crippen LogP contribution in [-0.2, 0) is 12.1 Å². The molecule has 6 heteroatoms. The highest BCUT2D eigenvalue weighted by atomic mass is 16.5. The minimum atomic E-state index is -0.148. The van der Waals surface area contributed by atoms with E-state index in [1.807, 2.05) is 29.2 Å². The lowest BCUT2D eigenvalue weighted by atomic mass is 9.68. The molecule has 6 nitrogen and oxygen atoms in total. The lowest BCUT2D eigenvalue weighted by Gasteiger charge is -2.51. The minimum absolute atomic E-state index is 0.00849. The van der Waals surface area contributed by atoms with E-state index < -0.39 is 0 Å². The van der Waals surface area contributed by atoms with Crippen LogP contribution in [0.25, 0.3) is 0 Å². The van der Waals surface area contributed by atoms with Crippen molar-refractivity contribution in [1.82, 2.24) is 14.7 Å². The number of carbonyl (C=O) groups is 1. The molecule has 2 aromatic carbocycles. The van der Waals surface area contributed by atoms with Crippen molar-refractivity contribution in [3.05, 3.63) is 65.7 Å². The number of ether oxygens (including phenoxy) is 1. The number of hydrogen-bond acceptors (Lipinski definition) is 4. The Labute approximate surface area is 210 Å². The van der Waals surface area contributed by atoms with Crippen LogP contribution in [0.5, 0.6) is 5.75 Å². The highest BCUT2D eigenvalue weighted by Crippen LogP contribution is 2.49. The normalized spacial score (nSPS) is 24.3. The molecule has 0 atom stereocenters. The maximum Gasteiger partial charge on any atom is 0.320 e. The third-order valence-corrected chi connectivity index (χ3v) is 8.19. The summed E-state index contributed by atoms with van der Waals surface area (Å²) in [5, 5.41) is 8.96. The Hall–Kier alpha value is -3.04. The molecule has 2 aliphatic rings. The number of carbonyl (C=O) groups excluding carboxylic acids is 1. The van der Waals surface area contributed by atoms with Crippen molar-refractivity contribution in [1.29, 1.82) is 5.26 Å². The molecule has 186 valence electrons. The summed E-state index contributed by atoms with van der Waals surface area (Å²) in [6.45, 7) is 2.09. The molecular formula is C29H38N4O2. The fourth-order valence-electron chi connectivity index (χ4n) is 6.06. The molecule has 2 aromatic rings. The van der Waals surface area contributed by atoms with Gasteiger partial charge in [0.25, 0.3) is 0 Å². The minimum Gasteiger partial charge on any atom is -0.497 e. The summed E-state index contributed by atoms with van der Waals surface area (Å²) in [6.07, 6.45) is 6.23. The molecular weight excluding hydrogens is 436 g/mol. The van der Waals surface area contributed by atoms with Gasteiger partial charge in [-0.25, -0.2) is 4.79 Å². The van der Waals surface area contributed by atoms with Gasteiger partial charge < -0.3 is 14.5 Å². The molecule has 1 heterocycles. The zero-order valence-corrected chi connectivity index (χ0v) is 21.4. The quantitative estimate of drug-likeness (QED) is 0.457. The van der Waals surface area contributed by atoms with Crippen LogP contribution < -0.4 is 4.74 Å². The van der Waals surface area contributed by atoms with Gasteiger partial charge in [0.1, 0.15) is 5.75 Å². The topological polar surface area (TPSA) is 59.8 Å². The number of nitriles is 1. The smallest absolute Gasteiger partial charge is 0.320 e. The van der Waals surface area contributed by atoms with Crippen LogP contribution in [0.3, 0.4) is 0 Å². The van der Waals surface area contributed by atoms with Gasteiger partial charge in [-0.1, -0.05) is 42.5 Å². The zero-order chi connectivity index (χ0) is 24.9. The molecule has 2 fully saturated rings. The van der Waals surface area contributed by atoms with E-state index >= 15 is 0 Å². The summed E-state index contributed by atoms with van der Waals surface area (Å²) in [5.41, 5.74) is 2.32. The monoisotopic (exact) mass is 474 g/mol. The molecule has 0 radical (unpaired) electrons. The van der Waals surface area contributed by atoms with E-state index in [0.717, 1.165) is 62.9 Å². The number of rotatable bonds is 9. The van der Waals surface area contributed by atoms with Gasteiger partial charge in [-0.2, -0.15) is 5.26 Å². The molecule has 0 bridgehead atoms. The van der Waals surface area contributed by atoms with Crippen molar-refractivity contribution in [3.63, 3.8) is 0 Å². The first-order chi connectivity index (χ1) is 16.9. The lowest BCUT2D eigenvalue weighted by Crippen LogP contribution is -2.55. The zero-order valence-electron chi connectivity index (χ0n) is 21.4. The van der Waals surface area contributed by atoms with E-state index in [2.05, 4.69) is 60.3 Å². The van der Waals surface area contributed by atoms with Crippen molar-refractivity contribution in [2.24, 2.45) is 0 Å². The molecule has 1 aliphatic heterocycles. The van der Waals surface area contributed by atoms with Crippen LogP contribution in [0.4, 0.5) is 4.79 Å². The molecule has 0 N–H and O–H groups in total. The fourth-order valence-corrected chi connectivity index (χ4v) is 6.06. The van der Waals surface area contributed by atoms with Gasteiger partial charge >= 0.3 is 6.03 Å². The van der Waals surface area contributed by atoms with E-state index in [1.54, 1.807) is 7.11 Å². The predicted octanol–water partition coefficient (Wildman–Crippen LogP) is 5.40. The Bertz CT molecular complexity index is 1020. The highest BCUT2D eigenvalue weighted by Gasteiger charge is 2.54. The average Bonchev–Trinajstić information content (AvgIpc) is 3.13. The largest absolute Gasteiger partial charge is 0.497 e. The molecule has 2 amide bonds. The van der Waals surface area contributed by atoms with E-state index in [1.165, 1.54) is 5.56 Å². The van der Waals surface area contributed by atoms with Crippen LogP contribution in [0.1, 0.15) is 56.1 Å². The van der Waals surface area contributed by atoms with Gasteiger partial charge in [-0.15, -0.1) is 0 Å². The van der Waals surface area contributed by atoms with Gasteiger partial charge in [0.15, 0.2) is 0 Å². The molecule has 4 rings (SSSR count).